The minimum absolute atomic E-state index is 0.0685. The van der Waals surface area contributed by atoms with Crippen LogP contribution in [0.5, 0.6) is 17.2 Å². The van der Waals surface area contributed by atoms with Crippen LogP contribution in [0.3, 0.4) is 0 Å². The summed E-state index contributed by atoms with van der Waals surface area (Å²) in [5, 5.41) is 2.69. The number of methoxy groups -OCH3 is 1. The lowest BCUT2D eigenvalue weighted by Crippen LogP contribution is -2.31. The summed E-state index contributed by atoms with van der Waals surface area (Å²) in [5.41, 5.74) is 6.49. The van der Waals surface area contributed by atoms with Crippen molar-refractivity contribution in [2.24, 2.45) is 5.73 Å². The number of ether oxygens (including phenoxy) is 4. The maximum atomic E-state index is 11.6. The van der Waals surface area contributed by atoms with E-state index in [2.05, 4.69) is 5.32 Å². The second kappa shape index (κ2) is 7.70. The number of carbonyl (C=O) groups excluding carboxylic acids is 1. The van der Waals surface area contributed by atoms with E-state index in [0.717, 1.165) is 5.56 Å². The maximum Gasteiger partial charge on any atom is 0.258 e. The first-order valence-corrected chi connectivity index (χ1v) is 6.75. The van der Waals surface area contributed by atoms with E-state index in [1.54, 1.807) is 13.2 Å². The van der Waals surface area contributed by atoms with E-state index in [4.69, 9.17) is 24.7 Å². The fourth-order valence-corrected chi connectivity index (χ4v) is 1.94. The van der Waals surface area contributed by atoms with Crippen molar-refractivity contribution in [1.29, 1.82) is 0 Å². The van der Waals surface area contributed by atoms with Gasteiger partial charge in [0.25, 0.3) is 5.91 Å². The standard InChI is InChI=1S/C14H20N2O5/c1-18-5-4-16-14(17)8-19-11-7-13-12(20-9-21-13)6-10(11)2-3-15/h6-7H,2-5,8-9,15H2,1H3,(H,16,17). The van der Waals surface area contributed by atoms with Gasteiger partial charge in [0.1, 0.15) is 5.75 Å². The second-order valence-electron chi connectivity index (χ2n) is 4.48. The monoisotopic (exact) mass is 296 g/mol. The van der Waals surface area contributed by atoms with Crippen LogP contribution < -0.4 is 25.3 Å². The molecule has 2 rings (SSSR count). The Labute approximate surface area is 123 Å². The molecule has 0 atom stereocenters. The average molecular weight is 296 g/mol. The SMILES string of the molecule is COCCNC(=O)COc1cc2c(cc1CCN)OCO2. The molecule has 0 saturated carbocycles. The normalized spacial score (nSPS) is 12.3. The Balaban J connectivity index is 1.96. The largest absolute Gasteiger partial charge is 0.483 e. The molecule has 0 unspecified atom stereocenters. The Bertz CT molecular complexity index is 492. The van der Waals surface area contributed by atoms with Crippen LogP contribution in [0.15, 0.2) is 12.1 Å². The molecule has 1 aliphatic rings. The van der Waals surface area contributed by atoms with E-state index >= 15 is 0 Å². The Kier molecular flexibility index (Phi) is 5.65. The molecule has 0 saturated heterocycles. The topological polar surface area (TPSA) is 92.0 Å². The van der Waals surface area contributed by atoms with Crippen molar-refractivity contribution >= 4 is 5.91 Å². The lowest BCUT2D eigenvalue weighted by molar-refractivity contribution is -0.123. The highest BCUT2D eigenvalue weighted by Crippen LogP contribution is 2.38. The van der Waals surface area contributed by atoms with Gasteiger partial charge >= 0.3 is 0 Å². The van der Waals surface area contributed by atoms with Gasteiger partial charge in [0.15, 0.2) is 18.1 Å². The number of rotatable bonds is 8. The van der Waals surface area contributed by atoms with Gasteiger partial charge in [-0.05, 0) is 24.6 Å². The number of fused-ring (bicyclic) bond motifs is 1. The summed E-state index contributed by atoms with van der Waals surface area (Å²) in [7, 11) is 1.58. The van der Waals surface area contributed by atoms with Gasteiger partial charge in [0, 0.05) is 19.7 Å². The Morgan fingerprint density at radius 3 is 2.86 bits per heavy atom. The van der Waals surface area contributed by atoms with Crippen molar-refractivity contribution in [3.05, 3.63) is 17.7 Å². The number of amides is 1. The van der Waals surface area contributed by atoms with E-state index in [1.807, 2.05) is 6.07 Å². The van der Waals surface area contributed by atoms with Crippen molar-refractivity contribution in [2.75, 3.05) is 40.2 Å². The van der Waals surface area contributed by atoms with Crippen molar-refractivity contribution < 1.29 is 23.7 Å². The zero-order valence-corrected chi connectivity index (χ0v) is 12.0. The zero-order valence-electron chi connectivity index (χ0n) is 12.0. The molecule has 1 aromatic carbocycles. The van der Waals surface area contributed by atoms with Crippen LogP contribution in [0, 0.1) is 0 Å². The van der Waals surface area contributed by atoms with E-state index in [9.17, 15) is 4.79 Å². The quantitative estimate of drug-likeness (QED) is 0.659. The third kappa shape index (κ3) is 4.24. The van der Waals surface area contributed by atoms with Gasteiger partial charge in [-0.3, -0.25) is 4.79 Å². The summed E-state index contributed by atoms with van der Waals surface area (Å²) in [6, 6.07) is 3.57. The first kappa shape index (κ1) is 15.4. The van der Waals surface area contributed by atoms with Crippen LogP contribution in [0.2, 0.25) is 0 Å². The van der Waals surface area contributed by atoms with Crippen LogP contribution in [-0.2, 0) is 16.0 Å². The number of nitrogens with two attached hydrogens (primary N) is 1. The minimum atomic E-state index is -0.205. The molecule has 3 N–H and O–H groups in total. The molecular formula is C14H20N2O5. The first-order chi connectivity index (χ1) is 10.2. The predicted octanol–water partition coefficient (Wildman–Crippen LogP) is 0.0579. The molecule has 1 amide bonds. The number of hydrogen-bond donors (Lipinski definition) is 2. The first-order valence-electron chi connectivity index (χ1n) is 6.75. The van der Waals surface area contributed by atoms with E-state index in [0.29, 0.717) is 43.4 Å². The molecule has 0 spiro atoms. The van der Waals surface area contributed by atoms with E-state index in [1.165, 1.54) is 0 Å². The molecule has 0 aliphatic carbocycles. The molecule has 1 aromatic rings. The van der Waals surface area contributed by atoms with E-state index in [-0.39, 0.29) is 19.3 Å². The fourth-order valence-electron chi connectivity index (χ4n) is 1.94. The molecular weight excluding hydrogens is 276 g/mol. The van der Waals surface area contributed by atoms with Gasteiger partial charge in [0.05, 0.1) is 6.61 Å². The summed E-state index contributed by atoms with van der Waals surface area (Å²) in [6.45, 7) is 1.53. The van der Waals surface area contributed by atoms with Gasteiger partial charge < -0.3 is 30.0 Å². The summed E-state index contributed by atoms with van der Waals surface area (Å²) in [6.07, 6.45) is 0.636. The molecule has 7 heteroatoms. The highest BCUT2D eigenvalue weighted by molar-refractivity contribution is 5.77. The van der Waals surface area contributed by atoms with Crippen molar-refractivity contribution in [1.82, 2.24) is 5.32 Å². The molecule has 0 radical (unpaired) electrons. The van der Waals surface area contributed by atoms with Crippen LogP contribution in [0.1, 0.15) is 5.56 Å². The number of nitrogens with one attached hydrogen (secondary N) is 1. The fraction of sp³-hybridized carbons (Fsp3) is 0.500. The minimum Gasteiger partial charge on any atom is -0.483 e. The van der Waals surface area contributed by atoms with Crippen LogP contribution in [0.25, 0.3) is 0 Å². The predicted molar refractivity (Wildman–Crippen MR) is 75.7 cm³/mol. The number of benzene rings is 1. The molecule has 7 nitrogen and oxygen atoms in total. The third-order valence-corrected chi connectivity index (χ3v) is 2.96. The average Bonchev–Trinajstić information content (AvgIpc) is 2.92. The summed E-state index contributed by atoms with van der Waals surface area (Å²) < 4.78 is 21.0. The second-order valence-corrected chi connectivity index (χ2v) is 4.48. The van der Waals surface area contributed by atoms with Crippen LogP contribution in [0.4, 0.5) is 0 Å². The van der Waals surface area contributed by atoms with E-state index < -0.39 is 0 Å². The summed E-state index contributed by atoms with van der Waals surface area (Å²) in [5.74, 6) is 1.68. The Morgan fingerprint density at radius 1 is 1.38 bits per heavy atom. The molecule has 0 bridgehead atoms. The van der Waals surface area contributed by atoms with Crippen molar-refractivity contribution in [3.63, 3.8) is 0 Å². The Hall–Kier alpha value is -1.99. The van der Waals surface area contributed by atoms with Gasteiger partial charge in [-0.25, -0.2) is 0 Å². The van der Waals surface area contributed by atoms with Crippen LogP contribution >= 0.6 is 0 Å². The van der Waals surface area contributed by atoms with Gasteiger partial charge in [-0.2, -0.15) is 0 Å². The molecule has 0 aromatic heterocycles. The molecule has 1 heterocycles. The maximum absolute atomic E-state index is 11.6. The van der Waals surface area contributed by atoms with Gasteiger partial charge in [-0.1, -0.05) is 0 Å². The number of hydrogen-bond acceptors (Lipinski definition) is 6. The van der Waals surface area contributed by atoms with Crippen LogP contribution in [-0.4, -0.2) is 46.1 Å². The molecule has 116 valence electrons. The lowest BCUT2D eigenvalue weighted by atomic mass is 10.1. The molecule has 21 heavy (non-hydrogen) atoms. The summed E-state index contributed by atoms with van der Waals surface area (Å²) in [4.78, 5) is 11.6. The summed E-state index contributed by atoms with van der Waals surface area (Å²) >= 11 is 0. The number of carbonyl (C=O) groups is 1. The van der Waals surface area contributed by atoms with Gasteiger partial charge in [-0.15, -0.1) is 0 Å². The highest BCUT2D eigenvalue weighted by atomic mass is 16.7. The highest BCUT2D eigenvalue weighted by Gasteiger charge is 2.18. The van der Waals surface area contributed by atoms with Crippen molar-refractivity contribution in [2.45, 2.75) is 6.42 Å². The lowest BCUT2D eigenvalue weighted by Gasteiger charge is -2.12. The van der Waals surface area contributed by atoms with Crippen molar-refractivity contribution in [3.8, 4) is 17.2 Å². The Morgan fingerprint density at radius 2 is 2.14 bits per heavy atom. The molecule has 0 fully saturated rings. The third-order valence-electron chi connectivity index (χ3n) is 2.96. The van der Waals surface area contributed by atoms with Gasteiger partial charge in [0.2, 0.25) is 6.79 Å². The zero-order chi connectivity index (χ0) is 15.1. The molecule has 1 aliphatic heterocycles. The smallest absolute Gasteiger partial charge is 0.258 e.